The second-order valence-electron chi connectivity index (χ2n) is 6.86. The van der Waals surface area contributed by atoms with Gasteiger partial charge in [0.05, 0.1) is 0 Å². The number of halogens is 1. The minimum Gasteiger partial charge on any atom is -0.316 e. The van der Waals surface area contributed by atoms with Crippen LogP contribution in [-0.4, -0.2) is 13.1 Å². The van der Waals surface area contributed by atoms with Gasteiger partial charge >= 0.3 is 0 Å². The molecular formula is C18H30ClN. The summed E-state index contributed by atoms with van der Waals surface area (Å²) in [6.07, 6.45) is 3.48. The molecule has 0 heterocycles. The second-order valence-corrected chi connectivity index (χ2v) is 7.26. The van der Waals surface area contributed by atoms with Crippen LogP contribution >= 0.6 is 11.6 Å². The molecule has 2 heteroatoms. The average Bonchev–Trinajstić information content (AvgIpc) is 2.33. The maximum atomic E-state index is 6.40. The lowest BCUT2D eigenvalue weighted by Crippen LogP contribution is -2.35. The summed E-state index contributed by atoms with van der Waals surface area (Å²) in [6, 6.07) is 6.42. The molecule has 114 valence electrons. The number of rotatable bonds is 8. The fourth-order valence-corrected chi connectivity index (χ4v) is 3.06. The summed E-state index contributed by atoms with van der Waals surface area (Å²) < 4.78 is 0. The van der Waals surface area contributed by atoms with Crippen molar-refractivity contribution in [3.8, 4) is 0 Å². The van der Waals surface area contributed by atoms with Gasteiger partial charge in [0.15, 0.2) is 0 Å². The third-order valence-corrected chi connectivity index (χ3v) is 4.14. The van der Waals surface area contributed by atoms with Gasteiger partial charge in [0.1, 0.15) is 0 Å². The molecule has 0 fully saturated rings. The lowest BCUT2D eigenvalue weighted by molar-refractivity contribution is 0.271. The first-order valence-electron chi connectivity index (χ1n) is 7.82. The van der Waals surface area contributed by atoms with Crippen molar-refractivity contribution in [2.24, 2.45) is 11.3 Å². The van der Waals surface area contributed by atoms with Crippen molar-refractivity contribution in [3.05, 3.63) is 34.3 Å². The Labute approximate surface area is 130 Å². The van der Waals surface area contributed by atoms with E-state index in [-0.39, 0.29) is 5.41 Å². The van der Waals surface area contributed by atoms with Crippen molar-refractivity contribution in [2.75, 3.05) is 13.1 Å². The fourth-order valence-electron chi connectivity index (χ4n) is 2.76. The summed E-state index contributed by atoms with van der Waals surface area (Å²) in [5.41, 5.74) is 2.79. The molecule has 0 aliphatic rings. The van der Waals surface area contributed by atoms with Crippen LogP contribution in [0.15, 0.2) is 18.2 Å². The Morgan fingerprint density at radius 2 is 2.00 bits per heavy atom. The summed E-state index contributed by atoms with van der Waals surface area (Å²) in [6.45, 7) is 13.4. The predicted octanol–water partition coefficient (Wildman–Crippen LogP) is 5.24. The van der Waals surface area contributed by atoms with Gasteiger partial charge in [-0.15, -0.1) is 0 Å². The van der Waals surface area contributed by atoms with Crippen LogP contribution in [0.5, 0.6) is 0 Å². The molecule has 1 aromatic rings. The van der Waals surface area contributed by atoms with Crippen LogP contribution in [0.2, 0.25) is 5.02 Å². The van der Waals surface area contributed by atoms with E-state index >= 15 is 0 Å². The Hall–Kier alpha value is -0.530. The van der Waals surface area contributed by atoms with Crippen molar-refractivity contribution >= 4 is 11.6 Å². The van der Waals surface area contributed by atoms with Crippen LogP contribution in [0.3, 0.4) is 0 Å². The highest BCUT2D eigenvalue weighted by Crippen LogP contribution is 2.31. The third kappa shape index (κ3) is 5.85. The zero-order chi connectivity index (χ0) is 15.2. The topological polar surface area (TPSA) is 12.0 Å². The molecule has 0 radical (unpaired) electrons. The Bertz CT molecular complexity index is 414. The molecule has 20 heavy (non-hydrogen) atoms. The van der Waals surface area contributed by atoms with Gasteiger partial charge < -0.3 is 5.32 Å². The Kier molecular flexibility index (Phi) is 7.05. The van der Waals surface area contributed by atoms with Crippen LogP contribution in [0.1, 0.15) is 51.7 Å². The molecule has 0 aromatic heterocycles. The Balaban J connectivity index is 2.73. The molecule has 1 nitrogen and oxygen atoms in total. The van der Waals surface area contributed by atoms with Gasteiger partial charge in [0.25, 0.3) is 0 Å². The van der Waals surface area contributed by atoms with E-state index in [1.165, 1.54) is 24.0 Å². The van der Waals surface area contributed by atoms with E-state index < -0.39 is 0 Å². The molecule has 0 bridgehead atoms. The van der Waals surface area contributed by atoms with Crippen molar-refractivity contribution in [1.82, 2.24) is 5.32 Å². The van der Waals surface area contributed by atoms with Crippen LogP contribution in [0, 0.1) is 18.3 Å². The van der Waals surface area contributed by atoms with E-state index in [9.17, 15) is 0 Å². The largest absolute Gasteiger partial charge is 0.316 e. The average molecular weight is 296 g/mol. The summed E-state index contributed by atoms with van der Waals surface area (Å²) in [5, 5.41) is 4.53. The van der Waals surface area contributed by atoms with Crippen LogP contribution in [-0.2, 0) is 6.42 Å². The molecule has 1 rings (SSSR count). The van der Waals surface area contributed by atoms with Crippen molar-refractivity contribution < 1.29 is 0 Å². The highest BCUT2D eigenvalue weighted by atomic mass is 35.5. The van der Waals surface area contributed by atoms with Gasteiger partial charge in [0.2, 0.25) is 0 Å². The van der Waals surface area contributed by atoms with Gasteiger partial charge in [0, 0.05) is 11.6 Å². The zero-order valence-corrected chi connectivity index (χ0v) is 14.5. The van der Waals surface area contributed by atoms with Crippen molar-refractivity contribution in [1.29, 1.82) is 0 Å². The zero-order valence-electron chi connectivity index (χ0n) is 13.7. The SMILES string of the molecule is CCCC(C)(CNCC(C)C)Cc1ccc(C)cc1Cl. The minimum atomic E-state index is 0.280. The summed E-state index contributed by atoms with van der Waals surface area (Å²) >= 11 is 6.40. The molecule has 0 aliphatic heterocycles. The van der Waals surface area contributed by atoms with Crippen molar-refractivity contribution in [3.63, 3.8) is 0 Å². The number of hydrogen-bond acceptors (Lipinski definition) is 1. The Morgan fingerprint density at radius 1 is 1.30 bits per heavy atom. The molecule has 1 unspecified atom stereocenters. The lowest BCUT2D eigenvalue weighted by Gasteiger charge is -2.31. The highest BCUT2D eigenvalue weighted by molar-refractivity contribution is 6.31. The summed E-state index contributed by atoms with van der Waals surface area (Å²) in [4.78, 5) is 0. The second kappa shape index (κ2) is 8.05. The first kappa shape index (κ1) is 17.5. The number of hydrogen-bond donors (Lipinski definition) is 1. The minimum absolute atomic E-state index is 0.280. The third-order valence-electron chi connectivity index (χ3n) is 3.78. The quantitative estimate of drug-likeness (QED) is 0.691. The van der Waals surface area contributed by atoms with E-state index in [0.717, 1.165) is 24.5 Å². The lowest BCUT2D eigenvalue weighted by atomic mass is 9.79. The molecule has 0 spiro atoms. The van der Waals surface area contributed by atoms with Gasteiger partial charge in [-0.2, -0.15) is 0 Å². The van der Waals surface area contributed by atoms with Gasteiger partial charge in [-0.05, 0) is 54.8 Å². The van der Waals surface area contributed by atoms with E-state index in [1.807, 2.05) is 0 Å². The predicted molar refractivity (Wildman–Crippen MR) is 90.6 cm³/mol. The monoisotopic (exact) mass is 295 g/mol. The van der Waals surface area contributed by atoms with Crippen molar-refractivity contribution in [2.45, 2.75) is 53.9 Å². The molecule has 0 saturated carbocycles. The first-order valence-corrected chi connectivity index (χ1v) is 8.20. The molecular weight excluding hydrogens is 266 g/mol. The smallest absolute Gasteiger partial charge is 0.0440 e. The molecule has 1 aromatic carbocycles. The van der Waals surface area contributed by atoms with E-state index in [1.54, 1.807) is 0 Å². The molecule has 1 atom stereocenters. The first-order chi connectivity index (χ1) is 9.36. The van der Waals surface area contributed by atoms with E-state index in [4.69, 9.17) is 11.6 Å². The van der Waals surface area contributed by atoms with Gasteiger partial charge in [-0.25, -0.2) is 0 Å². The van der Waals surface area contributed by atoms with E-state index in [0.29, 0.717) is 5.92 Å². The molecule has 0 amide bonds. The molecule has 0 aliphatic carbocycles. The number of nitrogens with one attached hydrogen (secondary N) is 1. The Morgan fingerprint density at radius 3 is 2.55 bits per heavy atom. The maximum Gasteiger partial charge on any atom is 0.0440 e. The fraction of sp³-hybridized carbons (Fsp3) is 0.667. The number of benzene rings is 1. The van der Waals surface area contributed by atoms with Gasteiger partial charge in [-0.1, -0.05) is 57.8 Å². The van der Waals surface area contributed by atoms with Gasteiger partial charge in [-0.3, -0.25) is 0 Å². The summed E-state index contributed by atoms with van der Waals surface area (Å²) in [7, 11) is 0. The van der Waals surface area contributed by atoms with Crippen LogP contribution in [0.4, 0.5) is 0 Å². The molecule has 0 saturated heterocycles. The van der Waals surface area contributed by atoms with E-state index in [2.05, 4.69) is 58.1 Å². The summed E-state index contributed by atoms with van der Waals surface area (Å²) in [5.74, 6) is 0.698. The standard InChI is InChI=1S/C18H30ClN/c1-6-9-18(5,13-20-12-14(2)3)11-16-8-7-15(4)10-17(16)19/h7-8,10,14,20H,6,9,11-13H2,1-5H3. The molecule has 1 N–H and O–H groups in total. The number of aryl methyl sites for hydroxylation is 1. The maximum absolute atomic E-state index is 6.40. The highest BCUT2D eigenvalue weighted by Gasteiger charge is 2.24. The van der Waals surface area contributed by atoms with Crippen LogP contribution < -0.4 is 5.32 Å². The normalized spacial score (nSPS) is 14.6. The van der Waals surface area contributed by atoms with Crippen LogP contribution in [0.25, 0.3) is 0 Å².